The first-order valence-corrected chi connectivity index (χ1v) is 21.3. The summed E-state index contributed by atoms with van der Waals surface area (Å²) >= 11 is 8.81. The zero-order chi connectivity index (χ0) is 43.1. The van der Waals surface area contributed by atoms with E-state index in [0.717, 1.165) is 37.2 Å². The molecule has 0 saturated carbocycles. The summed E-state index contributed by atoms with van der Waals surface area (Å²) in [5.41, 5.74) is 11.9. The second-order valence-corrected chi connectivity index (χ2v) is 15.7. The van der Waals surface area contributed by atoms with Crippen LogP contribution >= 0.6 is 34.3 Å². The molecule has 0 amide bonds. The van der Waals surface area contributed by atoms with E-state index in [-0.39, 0.29) is 28.9 Å². The molecule has 2 atom stereocenters. The number of pyridine rings is 4. The van der Waals surface area contributed by atoms with Crippen LogP contribution in [-0.4, -0.2) is 65.7 Å². The van der Waals surface area contributed by atoms with Gasteiger partial charge in [0.1, 0.15) is 11.4 Å². The Morgan fingerprint density at radius 1 is 0.689 bits per heavy atom. The van der Waals surface area contributed by atoms with Gasteiger partial charge in [0.05, 0.1) is 40.7 Å². The average molecular weight is 875 g/mol. The highest BCUT2D eigenvalue weighted by Gasteiger charge is 2.18. The van der Waals surface area contributed by atoms with E-state index in [1.54, 1.807) is 63.5 Å². The minimum Gasteiger partial charge on any atom is -0.481 e. The summed E-state index contributed by atoms with van der Waals surface area (Å²) in [7, 11) is 3.14. The Morgan fingerprint density at radius 3 is 1.67 bits per heavy atom. The molecule has 0 aromatic carbocycles. The Hall–Kier alpha value is -6.33. The number of halogens is 1. The Bertz CT molecular complexity index is 2650. The second-order valence-electron chi connectivity index (χ2n) is 13.5. The monoisotopic (exact) mass is 874 g/mol. The number of carbonyl (C=O) groups excluding carboxylic acids is 2. The topological polar surface area (TPSA) is 194 Å². The minimum atomic E-state index is -0.0485. The van der Waals surface area contributed by atoms with Crippen LogP contribution in [0.5, 0.6) is 11.8 Å². The lowest BCUT2D eigenvalue weighted by atomic mass is 10.1. The molecule has 8 rings (SSSR count). The van der Waals surface area contributed by atoms with Crippen LogP contribution in [0.1, 0.15) is 82.0 Å². The molecule has 0 radical (unpaired) electrons. The highest BCUT2D eigenvalue weighted by molar-refractivity contribution is 7.17. The van der Waals surface area contributed by atoms with E-state index in [4.69, 9.17) is 26.8 Å². The summed E-state index contributed by atoms with van der Waals surface area (Å²) in [5.74, 6) is 1.48. The standard InChI is InChI=1S/C22H21N5O2S.C15H12ClN3O2S.C7H10N2/c1-14(16-4-3-10-23-13-16)25-22-26-17-9-11-30-21(17)20(27-22)18(28)7-5-15-6-8-19(29-2)24-12-15;1-21-12-5-3-9(8-17-12)2-4-11(20)13-14-10(6-7-22-14)18-15(16)19-13;1-6(8)7-3-2-4-9-5-7/h3-4,6,8-14H,5,7H2,1-2H3,(H,25,26,27);3,5-8H,2,4H2,1H3;2-6H,8H2,1H3/t14-;;6-/m0.0/s1. The molecule has 8 aromatic heterocycles. The predicted octanol–water partition coefficient (Wildman–Crippen LogP) is 9.14. The van der Waals surface area contributed by atoms with Gasteiger partial charge in [0.2, 0.25) is 23.0 Å². The van der Waals surface area contributed by atoms with Gasteiger partial charge in [-0.2, -0.15) is 0 Å². The van der Waals surface area contributed by atoms with Crippen LogP contribution in [-0.2, 0) is 12.8 Å². The molecular formula is C44H43ClN10O4S2. The van der Waals surface area contributed by atoms with E-state index in [1.165, 1.54) is 22.7 Å². The van der Waals surface area contributed by atoms with Gasteiger partial charge in [-0.25, -0.2) is 29.9 Å². The number of Topliss-reactive ketones (excluding diaryl/α,β-unsaturated/α-hetero) is 2. The summed E-state index contributed by atoms with van der Waals surface area (Å²) in [6.07, 6.45) is 12.4. The molecule has 8 heterocycles. The van der Waals surface area contributed by atoms with Crippen LogP contribution in [0.15, 0.2) is 109 Å². The molecular weight excluding hydrogens is 832 g/mol. The third-order valence-electron chi connectivity index (χ3n) is 9.14. The molecule has 0 aliphatic carbocycles. The largest absolute Gasteiger partial charge is 0.481 e. The molecule has 8 aromatic rings. The van der Waals surface area contributed by atoms with Crippen molar-refractivity contribution in [2.45, 2.75) is 51.6 Å². The maximum absolute atomic E-state index is 13.0. The number of nitrogens with zero attached hydrogens (tertiary/aromatic N) is 8. The van der Waals surface area contributed by atoms with Crippen LogP contribution in [0.25, 0.3) is 20.4 Å². The van der Waals surface area contributed by atoms with Gasteiger partial charge < -0.3 is 20.5 Å². The van der Waals surface area contributed by atoms with Crippen molar-refractivity contribution in [3.05, 3.63) is 148 Å². The van der Waals surface area contributed by atoms with Crippen molar-refractivity contribution in [3.63, 3.8) is 0 Å². The van der Waals surface area contributed by atoms with Gasteiger partial charge in [0.15, 0.2) is 11.6 Å². The highest BCUT2D eigenvalue weighted by Crippen LogP contribution is 2.27. The van der Waals surface area contributed by atoms with E-state index in [9.17, 15) is 9.59 Å². The molecule has 3 N–H and O–H groups in total. The van der Waals surface area contributed by atoms with Gasteiger partial charge in [-0.1, -0.05) is 24.3 Å². The van der Waals surface area contributed by atoms with Gasteiger partial charge in [-0.15, -0.1) is 22.7 Å². The van der Waals surface area contributed by atoms with Gasteiger partial charge >= 0.3 is 0 Å². The van der Waals surface area contributed by atoms with Gasteiger partial charge in [0, 0.05) is 68.2 Å². The number of fused-ring (bicyclic) bond motifs is 2. The first kappa shape index (κ1) is 44.2. The summed E-state index contributed by atoms with van der Waals surface area (Å²) in [4.78, 5) is 59.1. The van der Waals surface area contributed by atoms with Crippen LogP contribution in [0.3, 0.4) is 0 Å². The Balaban J connectivity index is 0.000000175. The third kappa shape index (κ3) is 12.4. The molecule has 0 aliphatic rings. The zero-order valence-corrected chi connectivity index (χ0v) is 36.2. The number of nitrogens with one attached hydrogen (secondary N) is 1. The van der Waals surface area contributed by atoms with E-state index < -0.39 is 0 Å². The van der Waals surface area contributed by atoms with Crippen LogP contribution in [0.2, 0.25) is 5.28 Å². The van der Waals surface area contributed by atoms with Crippen molar-refractivity contribution in [2.24, 2.45) is 5.73 Å². The number of ether oxygens (including phenoxy) is 2. The average Bonchev–Trinajstić information content (AvgIpc) is 3.98. The molecule has 0 unspecified atom stereocenters. The highest BCUT2D eigenvalue weighted by atomic mass is 35.5. The number of carbonyl (C=O) groups is 2. The number of hydrogen-bond donors (Lipinski definition) is 2. The SMILES string of the molecule is COc1ccc(CCC(=O)c2nc(Cl)nc3ccsc23)cn1.COc1ccc(CCC(=O)c2nc(N[C@@H](C)c3cccnc3)nc3ccsc23)cn1.C[C@H](N)c1cccnc1. The lowest BCUT2D eigenvalue weighted by molar-refractivity contribution is 0.0972. The molecule has 0 fully saturated rings. The summed E-state index contributed by atoms with van der Waals surface area (Å²) < 4.78 is 11.7. The lowest BCUT2D eigenvalue weighted by Gasteiger charge is -2.14. The molecule has 312 valence electrons. The first-order chi connectivity index (χ1) is 29.6. The normalized spacial score (nSPS) is 11.7. The zero-order valence-electron chi connectivity index (χ0n) is 33.9. The van der Waals surface area contributed by atoms with E-state index in [0.29, 0.717) is 60.3 Å². The van der Waals surface area contributed by atoms with E-state index in [1.807, 2.05) is 73.1 Å². The summed E-state index contributed by atoms with van der Waals surface area (Å²) in [6, 6.07) is 18.9. The van der Waals surface area contributed by atoms with E-state index in [2.05, 4.69) is 45.2 Å². The summed E-state index contributed by atoms with van der Waals surface area (Å²) in [6.45, 7) is 3.95. The number of hydrogen-bond acceptors (Lipinski definition) is 16. The maximum atomic E-state index is 13.0. The van der Waals surface area contributed by atoms with Crippen LogP contribution in [0, 0.1) is 0 Å². The molecule has 0 aliphatic heterocycles. The van der Waals surface area contributed by atoms with E-state index >= 15 is 0 Å². The Kier molecular flexibility index (Phi) is 15.8. The van der Waals surface area contributed by atoms with Gasteiger partial charge in [0.25, 0.3) is 0 Å². The first-order valence-electron chi connectivity index (χ1n) is 19.1. The lowest BCUT2D eigenvalue weighted by Crippen LogP contribution is -2.12. The summed E-state index contributed by atoms with van der Waals surface area (Å²) in [5, 5.41) is 7.19. The van der Waals surface area contributed by atoms with Crippen molar-refractivity contribution in [3.8, 4) is 11.8 Å². The molecule has 0 bridgehead atoms. The quantitative estimate of drug-likeness (QED) is 0.0776. The number of aromatic nitrogens is 8. The Morgan fingerprint density at radius 2 is 1.21 bits per heavy atom. The van der Waals surface area contributed by atoms with Crippen molar-refractivity contribution in [1.82, 2.24) is 39.9 Å². The van der Waals surface area contributed by atoms with Crippen LogP contribution < -0.4 is 20.5 Å². The molecule has 0 saturated heterocycles. The fourth-order valence-corrected chi connectivity index (χ4v) is 7.66. The van der Waals surface area contributed by atoms with Gasteiger partial charge in [-0.05, 0) is 95.6 Å². The van der Waals surface area contributed by atoms with Crippen LogP contribution in [0.4, 0.5) is 5.95 Å². The number of aryl methyl sites for hydroxylation is 2. The molecule has 61 heavy (non-hydrogen) atoms. The molecule has 0 spiro atoms. The van der Waals surface area contributed by atoms with Crippen molar-refractivity contribution >= 4 is 72.2 Å². The number of thiophene rings is 2. The van der Waals surface area contributed by atoms with Crippen molar-refractivity contribution in [2.75, 3.05) is 19.5 Å². The van der Waals surface area contributed by atoms with Gasteiger partial charge in [-0.3, -0.25) is 19.6 Å². The van der Waals surface area contributed by atoms with Crippen molar-refractivity contribution < 1.29 is 19.1 Å². The number of nitrogens with two attached hydrogens (primary N) is 1. The Labute approximate surface area is 365 Å². The number of methoxy groups -OCH3 is 2. The number of rotatable bonds is 14. The second kappa shape index (κ2) is 21.8. The third-order valence-corrected chi connectivity index (χ3v) is 11.1. The predicted molar refractivity (Wildman–Crippen MR) is 240 cm³/mol. The molecule has 17 heteroatoms. The van der Waals surface area contributed by atoms with Crippen molar-refractivity contribution in [1.29, 1.82) is 0 Å². The number of anilines is 1. The fourth-order valence-electron chi connectivity index (χ4n) is 5.81. The fraction of sp³-hybridized carbons (Fsp3) is 0.227. The molecule has 14 nitrogen and oxygen atoms in total. The smallest absolute Gasteiger partial charge is 0.224 e. The number of ketones is 2. The minimum absolute atomic E-state index is 0.0160. The maximum Gasteiger partial charge on any atom is 0.224 e.